The van der Waals surface area contributed by atoms with Crippen molar-refractivity contribution >= 4 is 29.9 Å². The first-order chi connectivity index (χ1) is 11.1. The summed E-state index contributed by atoms with van der Waals surface area (Å²) >= 11 is 0. The van der Waals surface area contributed by atoms with E-state index in [4.69, 9.17) is 4.74 Å². The summed E-state index contributed by atoms with van der Waals surface area (Å²) in [7, 11) is 3.49. The average molecular weight is 448 g/mol. The number of ether oxygens (including phenoxy) is 1. The van der Waals surface area contributed by atoms with Crippen LogP contribution in [0.2, 0.25) is 0 Å². The van der Waals surface area contributed by atoms with Crippen LogP contribution in [0, 0.1) is 0 Å². The van der Waals surface area contributed by atoms with E-state index in [1.807, 2.05) is 0 Å². The van der Waals surface area contributed by atoms with Gasteiger partial charge < -0.3 is 15.4 Å². The lowest BCUT2D eigenvalue weighted by Gasteiger charge is -2.19. The zero-order valence-electron chi connectivity index (χ0n) is 15.6. The molecule has 1 atom stereocenters. The van der Waals surface area contributed by atoms with Gasteiger partial charge in [0.15, 0.2) is 5.96 Å². The van der Waals surface area contributed by atoms with Crippen molar-refractivity contribution in [1.82, 2.24) is 15.5 Å². The molecule has 1 unspecified atom stereocenters. The van der Waals surface area contributed by atoms with Crippen LogP contribution in [0.5, 0.6) is 0 Å². The highest BCUT2D eigenvalue weighted by molar-refractivity contribution is 14.0. The van der Waals surface area contributed by atoms with Crippen LogP contribution in [-0.2, 0) is 17.8 Å². The smallest absolute Gasteiger partial charge is 0.191 e. The molecule has 0 fully saturated rings. The van der Waals surface area contributed by atoms with Crippen LogP contribution >= 0.6 is 24.0 Å². The highest BCUT2D eigenvalue weighted by Gasteiger charge is 2.05. The van der Waals surface area contributed by atoms with Gasteiger partial charge in [-0.05, 0) is 31.1 Å². The van der Waals surface area contributed by atoms with E-state index in [0.29, 0.717) is 6.61 Å². The number of halogens is 1. The fourth-order valence-corrected chi connectivity index (χ4v) is 2.45. The van der Waals surface area contributed by atoms with Crippen LogP contribution in [0.1, 0.15) is 31.9 Å². The molecule has 0 aliphatic rings. The highest BCUT2D eigenvalue weighted by Crippen LogP contribution is 2.08. The molecular weight excluding hydrogens is 415 g/mol. The molecule has 138 valence electrons. The summed E-state index contributed by atoms with van der Waals surface area (Å²) in [4.78, 5) is 6.67. The topological polar surface area (TPSA) is 48.9 Å². The van der Waals surface area contributed by atoms with Crippen LogP contribution in [0.15, 0.2) is 29.3 Å². The number of benzene rings is 1. The Kier molecular flexibility index (Phi) is 13.0. The second-order valence-electron chi connectivity index (χ2n) is 5.71. The Hall–Kier alpha value is -0.860. The zero-order valence-corrected chi connectivity index (χ0v) is 18.0. The monoisotopic (exact) mass is 448 g/mol. The highest BCUT2D eigenvalue weighted by atomic mass is 127. The van der Waals surface area contributed by atoms with Gasteiger partial charge in [-0.1, -0.05) is 38.1 Å². The Morgan fingerprint density at radius 3 is 2.50 bits per heavy atom. The normalized spacial score (nSPS) is 12.7. The van der Waals surface area contributed by atoms with Crippen molar-refractivity contribution in [1.29, 1.82) is 0 Å². The van der Waals surface area contributed by atoms with Gasteiger partial charge in [-0.25, -0.2) is 0 Å². The van der Waals surface area contributed by atoms with E-state index < -0.39 is 0 Å². The van der Waals surface area contributed by atoms with Gasteiger partial charge in [0.05, 0.1) is 6.61 Å². The first kappa shape index (κ1) is 23.1. The number of methoxy groups -OCH3 is 1. The molecule has 0 aromatic heterocycles. The van der Waals surface area contributed by atoms with Crippen LogP contribution < -0.4 is 10.6 Å². The molecule has 24 heavy (non-hydrogen) atoms. The molecule has 2 N–H and O–H groups in total. The molecule has 0 aliphatic heterocycles. The molecule has 1 aromatic carbocycles. The van der Waals surface area contributed by atoms with E-state index in [-0.39, 0.29) is 30.0 Å². The van der Waals surface area contributed by atoms with Gasteiger partial charge in [0.2, 0.25) is 0 Å². The quantitative estimate of drug-likeness (QED) is 0.347. The molecule has 5 nitrogen and oxygen atoms in total. The summed E-state index contributed by atoms with van der Waals surface area (Å²) in [5.41, 5.74) is 2.61. The molecule has 0 aliphatic carbocycles. The number of nitrogens with one attached hydrogen (secondary N) is 2. The molecule has 1 aromatic rings. The Balaban J connectivity index is 0.00000529. The molecular formula is C18H33IN4O. The van der Waals surface area contributed by atoms with Gasteiger partial charge in [-0.15, -0.1) is 24.0 Å². The number of hydrogen-bond acceptors (Lipinski definition) is 3. The number of nitrogens with zero attached hydrogens (tertiary/aromatic N) is 2. The molecule has 0 saturated carbocycles. The first-order valence-electron chi connectivity index (χ1n) is 8.39. The molecule has 0 heterocycles. The van der Waals surface area contributed by atoms with Crippen molar-refractivity contribution in [2.75, 3.05) is 33.9 Å². The van der Waals surface area contributed by atoms with Gasteiger partial charge in [-0.3, -0.25) is 9.89 Å². The van der Waals surface area contributed by atoms with Gasteiger partial charge in [-0.2, -0.15) is 0 Å². The molecule has 0 amide bonds. The number of hydrogen-bond donors (Lipinski definition) is 2. The lowest BCUT2D eigenvalue weighted by molar-refractivity contribution is 0.179. The summed E-state index contributed by atoms with van der Waals surface area (Å²) < 4.78 is 5.14. The van der Waals surface area contributed by atoms with Crippen LogP contribution in [0.3, 0.4) is 0 Å². The summed E-state index contributed by atoms with van der Waals surface area (Å²) in [5, 5.41) is 6.66. The van der Waals surface area contributed by atoms with E-state index in [1.165, 1.54) is 11.1 Å². The maximum Gasteiger partial charge on any atom is 0.191 e. The molecule has 0 bridgehead atoms. The van der Waals surface area contributed by atoms with Gasteiger partial charge in [0.25, 0.3) is 0 Å². The Morgan fingerprint density at radius 2 is 1.92 bits per heavy atom. The lowest BCUT2D eigenvalue weighted by Crippen LogP contribution is -2.43. The van der Waals surface area contributed by atoms with E-state index >= 15 is 0 Å². The van der Waals surface area contributed by atoms with E-state index in [2.05, 4.69) is 65.6 Å². The lowest BCUT2D eigenvalue weighted by atomic mass is 10.1. The summed E-state index contributed by atoms with van der Waals surface area (Å²) in [6.45, 7) is 11.0. The summed E-state index contributed by atoms with van der Waals surface area (Å²) in [6.07, 6.45) is 0. The molecule has 0 radical (unpaired) electrons. The predicted molar refractivity (Wildman–Crippen MR) is 113 cm³/mol. The van der Waals surface area contributed by atoms with E-state index in [1.54, 1.807) is 14.2 Å². The first-order valence-corrected chi connectivity index (χ1v) is 8.39. The number of guanidine groups is 1. The fourth-order valence-electron chi connectivity index (χ4n) is 2.45. The Bertz CT molecular complexity index is 478. The van der Waals surface area contributed by atoms with Crippen LogP contribution in [0.25, 0.3) is 0 Å². The molecule has 6 heteroatoms. The number of aliphatic imine (C=N–C) groups is 1. The third-order valence-electron chi connectivity index (χ3n) is 3.78. The Labute approximate surface area is 164 Å². The largest absolute Gasteiger partial charge is 0.383 e. The number of rotatable bonds is 9. The van der Waals surface area contributed by atoms with Crippen molar-refractivity contribution in [2.45, 2.75) is 39.9 Å². The molecule has 0 saturated heterocycles. The van der Waals surface area contributed by atoms with Crippen molar-refractivity contribution in [3.05, 3.63) is 35.4 Å². The SMILES string of the molecule is CCN(CC)Cc1cccc(CNC(=NC)NC(C)COC)c1.I. The van der Waals surface area contributed by atoms with Crippen molar-refractivity contribution in [2.24, 2.45) is 4.99 Å². The fraction of sp³-hybridized carbons (Fsp3) is 0.611. The summed E-state index contributed by atoms with van der Waals surface area (Å²) in [5.74, 6) is 0.795. The maximum absolute atomic E-state index is 5.14. The van der Waals surface area contributed by atoms with Crippen LogP contribution in [-0.4, -0.2) is 50.8 Å². The van der Waals surface area contributed by atoms with Gasteiger partial charge in [0.1, 0.15) is 0 Å². The minimum absolute atomic E-state index is 0. The van der Waals surface area contributed by atoms with E-state index in [9.17, 15) is 0 Å². The minimum Gasteiger partial charge on any atom is -0.383 e. The third-order valence-corrected chi connectivity index (χ3v) is 3.78. The van der Waals surface area contributed by atoms with Crippen molar-refractivity contribution < 1.29 is 4.74 Å². The minimum atomic E-state index is 0. The second kappa shape index (κ2) is 13.4. The average Bonchev–Trinajstić information content (AvgIpc) is 2.57. The third kappa shape index (κ3) is 8.84. The predicted octanol–water partition coefficient (Wildman–Crippen LogP) is 2.85. The standard InChI is InChI=1S/C18H32N4O.HI/c1-6-22(7-2)13-17-10-8-9-16(11-17)12-20-18(19-4)21-15(3)14-23-5;/h8-11,15H,6-7,12-14H2,1-5H3,(H2,19,20,21);1H. The summed E-state index contributed by atoms with van der Waals surface area (Å²) in [6, 6.07) is 8.94. The zero-order chi connectivity index (χ0) is 17.1. The van der Waals surface area contributed by atoms with Crippen molar-refractivity contribution in [3.8, 4) is 0 Å². The molecule has 0 spiro atoms. The maximum atomic E-state index is 5.14. The van der Waals surface area contributed by atoms with Crippen LogP contribution in [0.4, 0.5) is 0 Å². The second-order valence-corrected chi connectivity index (χ2v) is 5.71. The van der Waals surface area contributed by atoms with Gasteiger partial charge in [0, 0.05) is 33.3 Å². The Morgan fingerprint density at radius 1 is 1.25 bits per heavy atom. The van der Waals surface area contributed by atoms with E-state index in [0.717, 1.165) is 32.1 Å². The van der Waals surface area contributed by atoms with Crippen molar-refractivity contribution in [3.63, 3.8) is 0 Å². The molecule has 1 rings (SSSR count). The van der Waals surface area contributed by atoms with Gasteiger partial charge >= 0.3 is 0 Å².